The number of carbonyl (C=O) groups is 1. The molecule has 0 radical (unpaired) electrons. The molecular formula is C17H20N2O2. The van der Waals surface area contributed by atoms with Crippen molar-refractivity contribution in [3.05, 3.63) is 35.4 Å². The van der Waals surface area contributed by atoms with E-state index in [1.165, 1.54) is 29.5 Å². The predicted molar refractivity (Wildman–Crippen MR) is 82.2 cm³/mol. The van der Waals surface area contributed by atoms with Crippen LogP contribution in [-0.2, 0) is 9.53 Å². The van der Waals surface area contributed by atoms with E-state index in [1.54, 1.807) is 0 Å². The molecule has 110 valence electrons. The van der Waals surface area contributed by atoms with Gasteiger partial charge in [-0.25, -0.2) is 0 Å². The van der Waals surface area contributed by atoms with Gasteiger partial charge in [-0.3, -0.25) is 9.69 Å². The van der Waals surface area contributed by atoms with Crippen LogP contribution in [0.1, 0.15) is 23.5 Å². The number of esters is 1. The molecule has 1 N–H and O–H groups in total. The number of carbonyl (C=O) groups excluding carboxylic acids is 1. The van der Waals surface area contributed by atoms with Gasteiger partial charge in [0.15, 0.2) is 0 Å². The van der Waals surface area contributed by atoms with Crippen LogP contribution in [0.4, 0.5) is 5.69 Å². The first-order valence-electron chi connectivity index (χ1n) is 7.56. The van der Waals surface area contributed by atoms with Gasteiger partial charge >= 0.3 is 5.97 Å². The molecule has 2 heterocycles. The van der Waals surface area contributed by atoms with E-state index in [0.717, 1.165) is 19.5 Å². The van der Waals surface area contributed by atoms with Crippen LogP contribution < -0.4 is 5.32 Å². The van der Waals surface area contributed by atoms with Crippen molar-refractivity contribution in [3.8, 4) is 0 Å². The number of ether oxygens (including phenoxy) is 1. The Morgan fingerprint density at radius 2 is 2.29 bits per heavy atom. The molecule has 0 fully saturated rings. The minimum atomic E-state index is -0.159. The molecule has 4 nitrogen and oxygen atoms in total. The van der Waals surface area contributed by atoms with Crippen molar-refractivity contribution in [2.24, 2.45) is 5.92 Å². The largest absolute Gasteiger partial charge is 0.469 e. The van der Waals surface area contributed by atoms with Crippen LogP contribution in [0.15, 0.2) is 24.3 Å². The molecule has 0 spiro atoms. The summed E-state index contributed by atoms with van der Waals surface area (Å²) in [6, 6.07) is 6.88. The fraction of sp³-hybridized carbons (Fsp3) is 0.471. The van der Waals surface area contributed by atoms with Gasteiger partial charge in [-0.15, -0.1) is 0 Å². The summed E-state index contributed by atoms with van der Waals surface area (Å²) in [6.45, 7) is 1.78. The molecule has 0 saturated heterocycles. The molecule has 1 unspecified atom stereocenters. The lowest BCUT2D eigenvalue weighted by atomic mass is 9.74. The number of fused-ring (bicyclic) bond motifs is 2. The van der Waals surface area contributed by atoms with Gasteiger partial charge in [0.25, 0.3) is 0 Å². The van der Waals surface area contributed by atoms with E-state index in [4.69, 9.17) is 4.74 Å². The van der Waals surface area contributed by atoms with E-state index in [0.29, 0.717) is 12.0 Å². The summed E-state index contributed by atoms with van der Waals surface area (Å²) in [4.78, 5) is 14.2. The summed E-state index contributed by atoms with van der Waals surface area (Å²) < 4.78 is 4.94. The van der Waals surface area contributed by atoms with Gasteiger partial charge in [0.05, 0.1) is 13.0 Å². The monoisotopic (exact) mass is 284 g/mol. The number of benzene rings is 1. The van der Waals surface area contributed by atoms with Crippen molar-refractivity contribution in [1.82, 2.24) is 4.90 Å². The second-order valence-corrected chi connectivity index (χ2v) is 6.29. The van der Waals surface area contributed by atoms with Crippen LogP contribution in [0.3, 0.4) is 0 Å². The maximum atomic E-state index is 11.9. The predicted octanol–water partition coefficient (Wildman–Crippen LogP) is 2.09. The van der Waals surface area contributed by atoms with Crippen LogP contribution in [0.2, 0.25) is 0 Å². The van der Waals surface area contributed by atoms with Crippen LogP contribution in [0.25, 0.3) is 5.57 Å². The van der Waals surface area contributed by atoms with E-state index in [2.05, 4.69) is 41.5 Å². The quantitative estimate of drug-likeness (QED) is 0.802. The molecule has 1 aliphatic carbocycles. The Balaban J connectivity index is 1.84. The standard InChI is InChI=1S/C17H20N2O2/c1-19-9-11(17(20)21-2)6-13-12-4-3-5-14-16(12)10(8-18-14)7-15(13)19/h3-6,10-11,15,18H,7-9H2,1-2H3/t10?,11-,15+/m0/s1. The van der Waals surface area contributed by atoms with Crippen molar-refractivity contribution in [2.75, 3.05) is 32.6 Å². The molecule has 3 aliphatic rings. The number of hydrogen-bond acceptors (Lipinski definition) is 4. The molecule has 1 aromatic carbocycles. The second-order valence-electron chi connectivity index (χ2n) is 6.29. The van der Waals surface area contributed by atoms with Gasteiger partial charge in [0, 0.05) is 30.7 Å². The Morgan fingerprint density at radius 1 is 1.43 bits per heavy atom. The zero-order valence-corrected chi connectivity index (χ0v) is 12.4. The molecule has 0 aromatic heterocycles. The first kappa shape index (κ1) is 12.9. The highest BCUT2D eigenvalue weighted by Crippen LogP contribution is 2.48. The van der Waals surface area contributed by atoms with E-state index < -0.39 is 0 Å². The van der Waals surface area contributed by atoms with Crippen molar-refractivity contribution in [1.29, 1.82) is 0 Å². The molecule has 4 heteroatoms. The van der Waals surface area contributed by atoms with Gasteiger partial charge in [-0.2, -0.15) is 0 Å². The fourth-order valence-corrected chi connectivity index (χ4v) is 4.14. The van der Waals surface area contributed by atoms with E-state index in [1.807, 2.05) is 0 Å². The minimum absolute atomic E-state index is 0.138. The molecule has 0 saturated carbocycles. The maximum absolute atomic E-state index is 11.9. The molecule has 3 atom stereocenters. The highest BCUT2D eigenvalue weighted by Gasteiger charge is 2.40. The Bertz CT molecular complexity index is 638. The van der Waals surface area contributed by atoms with Crippen molar-refractivity contribution in [2.45, 2.75) is 18.4 Å². The van der Waals surface area contributed by atoms with Crippen LogP contribution in [0.5, 0.6) is 0 Å². The van der Waals surface area contributed by atoms with Gasteiger partial charge in [-0.05, 0) is 36.2 Å². The summed E-state index contributed by atoms with van der Waals surface area (Å²) >= 11 is 0. The second kappa shape index (κ2) is 4.60. The van der Waals surface area contributed by atoms with Crippen LogP contribution in [-0.4, -0.2) is 44.2 Å². The van der Waals surface area contributed by atoms with Gasteiger partial charge in [0.2, 0.25) is 0 Å². The van der Waals surface area contributed by atoms with Gasteiger partial charge in [0.1, 0.15) is 0 Å². The van der Waals surface area contributed by atoms with Crippen LogP contribution >= 0.6 is 0 Å². The average molecular weight is 284 g/mol. The molecule has 4 rings (SSSR count). The number of nitrogens with one attached hydrogen (secondary N) is 1. The molecular weight excluding hydrogens is 264 g/mol. The third-order valence-corrected chi connectivity index (χ3v) is 5.13. The third kappa shape index (κ3) is 1.82. The SMILES string of the molecule is COC(=O)[C@H]1C=C2c3cccc4c3C(CN4)C[C@H]2N(C)C1. The lowest BCUT2D eigenvalue weighted by molar-refractivity contribution is -0.144. The molecule has 0 amide bonds. The number of anilines is 1. The highest BCUT2D eigenvalue weighted by molar-refractivity contribution is 5.85. The Morgan fingerprint density at radius 3 is 3.10 bits per heavy atom. The van der Waals surface area contributed by atoms with Crippen molar-refractivity contribution < 1.29 is 9.53 Å². The first-order chi connectivity index (χ1) is 10.2. The average Bonchev–Trinajstić information content (AvgIpc) is 2.92. The van der Waals surface area contributed by atoms with Crippen LogP contribution in [0, 0.1) is 5.92 Å². The van der Waals surface area contributed by atoms with Crippen molar-refractivity contribution >= 4 is 17.2 Å². The number of nitrogens with zero attached hydrogens (tertiary/aromatic N) is 1. The Labute approximate surface area is 124 Å². The topological polar surface area (TPSA) is 41.6 Å². The molecule has 0 bridgehead atoms. The van der Waals surface area contributed by atoms with E-state index in [9.17, 15) is 4.79 Å². The maximum Gasteiger partial charge on any atom is 0.313 e. The van der Waals surface area contributed by atoms with Gasteiger partial charge < -0.3 is 10.1 Å². The smallest absolute Gasteiger partial charge is 0.313 e. The third-order valence-electron chi connectivity index (χ3n) is 5.13. The summed E-state index contributed by atoms with van der Waals surface area (Å²) in [5.41, 5.74) is 5.33. The van der Waals surface area contributed by atoms with Gasteiger partial charge in [-0.1, -0.05) is 18.2 Å². The number of likely N-dealkylation sites (N-methyl/N-ethyl adjacent to an activating group) is 1. The number of hydrogen-bond donors (Lipinski definition) is 1. The zero-order valence-electron chi connectivity index (χ0n) is 12.4. The van der Waals surface area contributed by atoms with E-state index >= 15 is 0 Å². The fourth-order valence-electron chi connectivity index (χ4n) is 4.14. The zero-order chi connectivity index (χ0) is 14.6. The minimum Gasteiger partial charge on any atom is -0.469 e. The first-order valence-corrected chi connectivity index (χ1v) is 7.56. The summed E-state index contributed by atoms with van der Waals surface area (Å²) in [5.74, 6) is 0.295. The Hall–Kier alpha value is -1.81. The summed E-state index contributed by atoms with van der Waals surface area (Å²) in [5, 5.41) is 3.51. The Kier molecular flexibility index (Phi) is 2.82. The molecule has 21 heavy (non-hydrogen) atoms. The molecule has 1 aromatic rings. The summed E-state index contributed by atoms with van der Waals surface area (Å²) in [6.07, 6.45) is 3.27. The normalized spacial score (nSPS) is 30.0. The lowest BCUT2D eigenvalue weighted by Crippen LogP contribution is -2.44. The molecule has 2 aliphatic heterocycles. The lowest BCUT2D eigenvalue weighted by Gasteiger charge is -2.41. The van der Waals surface area contributed by atoms with E-state index in [-0.39, 0.29) is 11.9 Å². The number of methoxy groups -OCH3 is 1. The summed E-state index contributed by atoms with van der Waals surface area (Å²) in [7, 11) is 3.58. The van der Waals surface area contributed by atoms with Crippen molar-refractivity contribution in [3.63, 3.8) is 0 Å². The highest BCUT2D eigenvalue weighted by atomic mass is 16.5. The number of rotatable bonds is 1.